The molecular formula is C14H13FN4O. The minimum absolute atomic E-state index is 0.269. The van der Waals surface area contributed by atoms with Gasteiger partial charge in [0.1, 0.15) is 11.6 Å². The molecule has 0 aliphatic rings. The van der Waals surface area contributed by atoms with Crippen LogP contribution in [-0.2, 0) is 6.42 Å². The monoisotopic (exact) mass is 272 g/mol. The van der Waals surface area contributed by atoms with Gasteiger partial charge in [0.15, 0.2) is 0 Å². The van der Waals surface area contributed by atoms with Crippen molar-refractivity contribution in [2.75, 3.05) is 0 Å². The van der Waals surface area contributed by atoms with Crippen molar-refractivity contribution in [3.8, 4) is 5.69 Å². The zero-order valence-electron chi connectivity index (χ0n) is 11.0. The van der Waals surface area contributed by atoms with Gasteiger partial charge in [-0.05, 0) is 30.7 Å². The molecule has 6 heteroatoms. The van der Waals surface area contributed by atoms with Crippen LogP contribution >= 0.6 is 0 Å². The highest BCUT2D eigenvalue weighted by Crippen LogP contribution is 2.08. The first-order valence-electron chi connectivity index (χ1n) is 6.42. The van der Waals surface area contributed by atoms with Gasteiger partial charge < -0.3 is 0 Å². The number of hydrogen-bond acceptors (Lipinski definition) is 3. The maximum Gasteiger partial charge on any atom is 0.300 e. The summed E-state index contributed by atoms with van der Waals surface area (Å²) < 4.78 is 16.1. The molecule has 0 amide bonds. The number of fused-ring (bicyclic) bond motifs is 1. The molecule has 2 heterocycles. The number of hydrogen-bond donors (Lipinski definition) is 0. The van der Waals surface area contributed by atoms with Gasteiger partial charge in [-0.25, -0.2) is 4.39 Å². The average molecular weight is 272 g/mol. The van der Waals surface area contributed by atoms with Crippen LogP contribution in [0, 0.1) is 5.82 Å². The molecule has 0 radical (unpaired) electrons. The fraction of sp³-hybridized carbons (Fsp3) is 0.214. The molecule has 0 aliphatic heterocycles. The molecule has 0 saturated carbocycles. The van der Waals surface area contributed by atoms with Gasteiger partial charge in [-0.15, -0.1) is 10.2 Å². The maximum atomic E-state index is 12.9. The van der Waals surface area contributed by atoms with E-state index >= 15 is 0 Å². The molecule has 0 saturated heterocycles. The predicted molar refractivity (Wildman–Crippen MR) is 72.5 cm³/mol. The highest BCUT2D eigenvalue weighted by molar-refractivity contribution is 5.40. The average Bonchev–Trinajstić information content (AvgIpc) is 2.85. The summed E-state index contributed by atoms with van der Waals surface area (Å²) in [6.07, 6.45) is 5.10. The fourth-order valence-electron chi connectivity index (χ4n) is 2.13. The first-order chi connectivity index (χ1) is 9.70. The predicted octanol–water partition coefficient (Wildman–Crippen LogP) is 1.97. The van der Waals surface area contributed by atoms with Crippen molar-refractivity contribution >= 4 is 5.65 Å². The van der Waals surface area contributed by atoms with Crippen LogP contribution in [0.15, 0.2) is 41.5 Å². The van der Waals surface area contributed by atoms with E-state index in [1.165, 1.54) is 16.7 Å². The standard InChI is InChI=1S/C14H13FN4O/c1-2-3-12-16-17-13-14(20)18(8-9-19(12)13)11-6-4-10(15)5-7-11/h4-9H,2-3H2,1H3. The molecule has 0 bridgehead atoms. The van der Waals surface area contributed by atoms with E-state index in [2.05, 4.69) is 10.2 Å². The number of aryl methyl sites for hydroxylation is 1. The van der Waals surface area contributed by atoms with Crippen molar-refractivity contribution in [2.24, 2.45) is 0 Å². The van der Waals surface area contributed by atoms with E-state index in [4.69, 9.17) is 0 Å². The van der Waals surface area contributed by atoms with Crippen LogP contribution < -0.4 is 5.56 Å². The summed E-state index contributed by atoms with van der Waals surface area (Å²) in [7, 11) is 0. The van der Waals surface area contributed by atoms with Gasteiger partial charge in [-0.3, -0.25) is 13.8 Å². The van der Waals surface area contributed by atoms with Crippen molar-refractivity contribution in [1.29, 1.82) is 0 Å². The fourth-order valence-corrected chi connectivity index (χ4v) is 2.13. The van der Waals surface area contributed by atoms with Crippen LogP contribution in [0.25, 0.3) is 11.3 Å². The molecule has 0 atom stereocenters. The maximum absolute atomic E-state index is 12.9. The van der Waals surface area contributed by atoms with Crippen LogP contribution in [0.3, 0.4) is 0 Å². The molecular weight excluding hydrogens is 259 g/mol. The summed E-state index contributed by atoms with van der Waals surface area (Å²) in [5.41, 5.74) is 0.605. The minimum Gasteiger partial charge on any atom is -0.280 e. The smallest absolute Gasteiger partial charge is 0.280 e. The molecule has 5 nitrogen and oxygen atoms in total. The number of rotatable bonds is 3. The quantitative estimate of drug-likeness (QED) is 0.732. The van der Waals surface area contributed by atoms with Gasteiger partial charge in [-0.1, -0.05) is 6.92 Å². The Labute approximate surface area is 114 Å². The van der Waals surface area contributed by atoms with Gasteiger partial charge in [0.25, 0.3) is 0 Å². The molecule has 20 heavy (non-hydrogen) atoms. The first kappa shape index (κ1) is 12.5. The van der Waals surface area contributed by atoms with Gasteiger partial charge in [-0.2, -0.15) is 0 Å². The topological polar surface area (TPSA) is 52.2 Å². The van der Waals surface area contributed by atoms with Crippen molar-refractivity contribution in [3.05, 3.63) is 58.7 Å². The first-order valence-corrected chi connectivity index (χ1v) is 6.42. The lowest BCUT2D eigenvalue weighted by Crippen LogP contribution is -2.20. The van der Waals surface area contributed by atoms with Gasteiger partial charge in [0, 0.05) is 24.5 Å². The Hall–Kier alpha value is -2.50. The third-order valence-electron chi connectivity index (χ3n) is 3.12. The van der Waals surface area contributed by atoms with Crippen LogP contribution in [0.5, 0.6) is 0 Å². The highest BCUT2D eigenvalue weighted by Gasteiger charge is 2.10. The summed E-state index contributed by atoms with van der Waals surface area (Å²) in [4.78, 5) is 12.4. The highest BCUT2D eigenvalue weighted by atomic mass is 19.1. The van der Waals surface area contributed by atoms with Gasteiger partial charge in [0.05, 0.1) is 0 Å². The second kappa shape index (κ2) is 4.88. The molecule has 3 rings (SSSR count). The van der Waals surface area contributed by atoms with Crippen molar-refractivity contribution < 1.29 is 4.39 Å². The Bertz CT molecular complexity index is 804. The summed E-state index contributed by atoms with van der Waals surface area (Å²) >= 11 is 0. The zero-order chi connectivity index (χ0) is 14.1. The van der Waals surface area contributed by atoms with Crippen LogP contribution in [0.4, 0.5) is 4.39 Å². The lowest BCUT2D eigenvalue weighted by Gasteiger charge is -2.06. The second-order valence-corrected chi connectivity index (χ2v) is 4.51. The molecule has 102 valence electrons. The lowest BCUT2D eigenvalue weighted by molar-refractivity contribution is 0.627. The summed E-state index contributed by atoms with van der Waals surface area (Å²) in [6.45, 7) is 2.04. The zero-order valence-corrected chi connectivity index (χ0v) is 11.0. The molecule has 0 N–H and O–H groups in total. The number of halogens is 1. The molecule has 0 fully saturated rings. The molecule has 0 spiro atoms. The Kier molecular flexibility index (Phi) is 3.06. The van der Waals surface area contributed by atoms with E-state index in [1.54, 1.807) is 28.9 Å². The van der Waals surface area contributed by atoms with E-state index in [1.807, 2.05) is 6.92 Å². The van der Waals surface area contributed by atoms with Crippen molar-refractivity contribution in [1.82, 2.24) is 19.2 Å². The van der Waals surface area contributed by atoms with E-state index in [-0.39, 0.29) is 17.0 Å². The van der Waals surface area contributed by atoms with Gasteiger partial charge >= 0.3 is 5.56 Å². The Morgan fingerprint density at radius 2 is 1.90 bits per heavy atom. The second-order valence-electron chi connectivity index (χ2n) is 4.51. The summed E-state index contributed by atoms with van der Waals surface area (Å²) in [6, 6.07) is 5.74. The normalized spacial score (nSPS) is 11.1. The Morgan fingerprint density at radius 3 is 2.60 bits per heavy atom. The molecule has 2 aromatic heterocycles. The van der Waals surface area contributed by atoms with Crippen LogP contribution in [0.1, 0.15) is 19.2 Å². The molecule has 0 unspecified atom stereocenters. The SMILES string of the molecule is CCCc1nnc2c(=O)n(-c3ccc(F)cc3)ccn12. The number of aromatic nitrogens is 4. The van der Waals surface area contributed by atoms with Crippen LogP contribution in [-0.4, -0.2) is 19.2 Å². The van der Waals surface area contributed by atoms with E-state index in [0.717, 1.165) is 18.7 Å². The largest absolute Gasteiger partial charge is 0.300 e. The van der Waals surface area contributed by atoms with Gasteiger partial charge in [0.2, 0.25) is 5.65 Å². The van der Waals surface area contributed by atoms with Crippen molar-refractivity contribution in [2.45, 2.75) is 19.8 Å². The lowest BCUT2D eigenvalue weighted by atomic mass is 10.3. The number of nitrogens with zero attached hydrogens (tertiary/aromatic N) is 4. The van der Waals surface area contributed by atoms with E-state index < -0.39 is 0 Å². The third-order valence-corrected chi connectivity index (χ3v) is 3.12. The minimum atomic E-state index is -0.337. The van der Waals surface area contributed by atoms with Crippen LogP contribution in [0.2, 0.25) is 0 Å². The molecule has 3 aromatic rings. The number of benzene rings is 1. The Morgan fingerprint density at radius 1 is 1.15 bits per heavy atom. The van der Waals surface area contributed by atoms with Crippen molar-refractivity contribution in [3.63, 3.8) is 0 Å². The summed E-state index contributed by atoms with van der Waals surface area (Å²) in [5.74, 6) is 0.432. The van der Waals surface area contributed by atoms with E-state index in [9.17, 15) is 9.18 Å². The summed E-state index contributed by atoms with van der Waals surface area (Å²) in [5, 5.41) is 7.98. The molecule has 1 aromatic carbocycles. The Balaban J connectivity index is 2.17. The molecule has 0 aliphatic carbocycles. The third kappa shape index (κ3) is 1.99. The van der Waals surface area contributed by atoms with E-state index in [0.29, 0.717) is 5.69 Å².